The third-order valence-electron chi connectivity index (χ3n) is 12.8. The second-order valence-electron chi connectivity index (χ2n) is 19.9. The van der Waals surface area contributed by atoms with E-state index in [1.54, 1.807) is 0 Å². The van der Waals surface area contributed by atoms with Gasteiger partial charge in [0.05, 0.1) is 0 Å². The first-order valence-electron chi connectivity index (χ1n) is 30.4. The van der Waals surface area contributed by atoms with Gasteiger partial charge in [-0.25, -0.2) is 0 Å². The van der Waals surface area contributed by atoms with Crippen molar-refractivity contribution < 1.29 is 28.6 Å². The van der Waals surface area contributed by atoms with E-state index in [0.717, 1.165) is 128 Å². The van der Waals surface area contributed by atoms with Crippen molar-refractivity contribution in [2.75, 3.05) is 13.2 Å². The van der Waals surface area contributed by atoms with E-state index in [4.69, 9.17) is 14.2 Å². The highest BCUT2D eigenvalue weighted by Crippen LogP contribution is 2.15. The van der Waals surface area contributed by atoms with Crippen molar-refractivity contribution in [3.05, 3.63) is 109 Å². The molecule has 0 aliphatic heterocycles. The number of ether oxygens (including phenoxy) is 3. The van der Waals surface area contributed by atoms with Gasteiger partial charge in [0.15, 0.2) is 6.10 Å². The molecule has 0 aromatic heterocycles. The first kappa shape index (κ1) is 69.1. The zero-order chi connectivity index (χ0) is 52.9. The van der Waals surface area contributed by atoms with Crippen molar-refractivity contribution >= 4 is 17.9 Å². The molecule has 0 saturated heterocycles. The normalized spacial score (nSPS) is 12.9. The Morgan fingerprint density at radius 1 is 0.288 bits per heavy atom. The molecule has 0 radical (unpaired) electrons. The maximum absolute atomic E-state index is 12.9. The number of hydrogen-bond acceptors (Lipinski definition) is 6. The van der Waals surface area contributed by atoms with E-state index in [9.17, 15) is 14.4 Å². The maximum atomic E-state index is 12.9. The van der Waals surface area contributed by atoms with Crippen molar-refractivity contribution in [1.82, 2.24) is 0 Å². The Hall–Kier alpha value is -3.93. The van der Waals surface area contributed by atoms with E-state index >= 15 is 0 Å². The van der Waals surface area contributed by atoms with Crippen LogP contribution in [0.4, 0.5) is 0 Å². The number of allylic oxidation sites excluding steroid dienone is 18. The second-order valence-corrected chi connectivity index (χ2v) is 19.9. The second kappa shape index (κ2) is 60.6. The van der Waals surface area contributed by atoms with E-state index in [2.05, 4.69) is 130 Å². The van der Waals surface area contributed by atoms with Crippen LogP contribution in [0.5, 0.6) is 0 Å². The summed E-state index contributed by atoms with van der Waals surface area (Å²) in [5.74, 6) is -0.923. The molecule has 6 nitrogen and oxygen atoms in total. The van der Waals surface area contributed by atoms with Crippen molar-refractivity contribution in [2.24, 2.45) is 0 Å². The Morgan fingerprint density at radius 3 is 0.836 bits per heavy atom. The molecule has 1 unspecified atom stereocenters. The highest BCUT2D eigenvalue weighted by molar-refractivity contribution is 5.71. The summed E-state index contributed by atoms with van der Waals surface area (Å²) in [6.07, 6.45) is 82.3. The van der Waals surface area contributed by atoms with Crippen LogP contribution in [-0.4, -0.2) is 37.2 Å². The lowest BCUT2D eigenvalue weighted by Crippen LogP contribution is -2.30. The molecule has 0 rings (SSSR count). The van der Waals surface area contributed by atoms with Gasteiger partial charge in [-0.3, -0.25) is 14.4 Å². The molecule has 0 amide bonds. The summed E-state index contributed by atoms with van der Waals surface area (Å²) in [6.45, 7) is 6.47. The van der Waals surface area contributed by atoms with Crippen LogP contribution in [-0.2, 0) is 28.6 Å². The van der Waals surface area contributed by atoms with E-state index in [0.29, 0.717) is 19.3 Å². The van der Waals surface area contributed by atoms with Crippen molar-refractivity contribution in [2.45, 2.75) is 284 Å². The molecular weight excluding hydrogens is 901 g/mol. The molecule has 0 aliphatic rings. The first-order valence-corrected chi connectivity index (χ1v) is 30.4. The van der Waals surface area contributed by atoms with Crippen molar-refractivity contribution in [3.8, 4) is 0 Å². The molecular formula is C67H112O6. The van der Waals surface area contributed by atoms with Gasteiger partial charge in [0.1, 0.15) is 13.2 Å². The zero-order valence-corrected chi connectivity index (χ0v) is 47.6. The highest BCUT2D eigenvalue weighted by atomic mass is 16.6. The summed E-state index contributed by atoms with van der Waals surface area (Å²) in [7, 11) is 0. The van der Waals surface area contributed by atoms with Crippen LogP contribution in [0.15, 0.2) is 109 Å². The van der Waals surface area contributed by atoms with Gasteiger partial charge >= 0.3 is 17.9 Å². The van der Waals surface area contributed by atoms with Crippen LogP contribution in [0.2, 0.25) is 0 Å². The van der Waals surface area contributed by atoms with E-state index in [1.165, 1.54) is 109 Å². The fraction of sp³-hybridized carbons (Fsp3) is 0.687. The molecule has 0 spiro atoms. The van der Waals surface area contributed by atoms with Gasteiger partial charge in [-0.15, -0.1) is 0 Å². The quantitative estimate of drug-likeness (QED) is 0.0261. The van der Waals surface area contributed by atoms with Crippen LogP contribution in [0, 0.1) is 0 Å². The molecule has 1 atom stereocenters. The Morgan fingerprint density at radius 2 is 0.534 bits per heavy atom. The molecule has 0 aromatic carbocycles. The number of carbonyl (C=O) groups excluding carboxylic acids is 3. The predicted octanol–water partition coefficient (Wildman–Crippen LogP) is 20.7. The van der Waals surface area contributed by atoms with E-state index in [-0.39, 0.29) is 31.1 Å². The minimum atomic E-state index is -0.793. The molecule has 73 heavy (non-hydrogen) atoms. The summed E-state index contributed by atoms with van der Waals surface area (Å²) >= 11 is 0. The van der Waals surface area contributed by atoms with Crippen LogP contribution >= 0.6 is 0 Å². The average molecular weight is 1010 g/mol. The molecule has 0 aromatic rings. The summed E-state index contributed by atoms with van der Waals surface area (Å²) < 4.78 is 16.8. The number of esters is 3. The molecule has 416 valence electrons. The molecule has 0 N–H and O–H groups in total. The number of unbranched alkanes of at least 4 members (excludes halogenated alkanes) is 25. The summed E-state index contributed by atoms with van der Waals surface area (Å²) in [6, 6.07) is 0. The Labute approximate surface area is 450 Å². The lowest BCUT2D eigenvalue weighted by Gasteiger charge is -2.18. The SMILES string of the molecule is CC/C=C\C/C=C\C/C=C\C/C=C\C/C=C\C/C=C\CCCCCCC(=O)OCC(COC(=O)CCCCCCCCCCC)OC(=O)CCCCCCCCCC/C=C\C/C=C\C/C=C\CCCCCCC. The monoisotopic (exact) mass is 1010 g/mol. The number of rotatable bonds is 54. The molecule has 0 saturated carbocycles. The topological polar surface area (TPSA) is 78.9 Å². The van der Waals surface area contributed by atoms with Gasteiger partial charge in [0, 0.05) is 19.3 Å². The average Bonchev–Trinajstić information content (AvgIpc) is 3.39. The van der Waals surface area contributed by atoms with Crippen molar-refractivity contribution in [1.29, 1.82) is 0 Å². The van der Waals surface area contributed by atoms with Crippen LogP contribution in [0.3, 0.4) is 0 Å². The summed E-state index contributed by atoms with van der Waals surface area (Å²) in [5, 5.41) is 0. The van der Waals surface area contributed by atoms with Crippen LogP contribution < -0.4 is 0 Å². The first-order chi connectivity index (χ1) is 36.0. The molecule has 0 fully saturated rings. The van der Waals surface area contributed by atoms with Gasteiger partial charge in [-0.2, -0.15) is 0 Å². The molecule has 0 aliphatic carbocycles. The number of carbonyl (C=O) groups is 3. The predicted molar refractivity (Wildman–Crippen MR) is 316 cm³/mol. The minimum absolute atomic E-state index is 0.0893. The molecule has 0 heterocycles. The Kier molecular flexibility index (Phi) is 57.4. The van der Waals surface area contributed by atoms with Gasteiger partial charge < -0.3 is 14.2 Å². The molecule has 0 bridgehead atoms. The summed E-state index contributed by atoms with van der Waals surface area (Å²) in [4.78, 5) is 38.1. The fourth-order valence-corrected chi connectivity index (χ4v) is 8.22. The zero-order valence-electron chi connectivity index (χ0n) is 47.6. The third kappa shape index (κ3) is 58.8. The summed E-state index contributed by atoms with van der Waals surface area (Å²) in [5.41, 5.74) is 0. The van der Waals surface area contributed by atoms with E-state index in [1.807, 2.05) is 0 Å². The Bertz CT molecular complexity index is 1490. The Balaban J connectivity index is 4.34. The smallest absolute Gasteiger partial charge is 0.306 e. The maximum Gasteiger partial charge on any atom is 0.306 e. The largest absolute Gasteiger partial charge is 0.462 e. The third-order valence-corrected chi connectivity index (χ3v) is 12.8. The minimum Gasteiger partial charge on any atom is -0.462 e. The lowest BCUT2D eigenvalue weighted by molar-refractivity contribution is -0.167. The number of hydrogen-bond donors (Lipinski definition) is 0. The fourth-order valence-electron chi connectivity index (χ4n) is 8.22. The van der Waals surface area contributed by atoms with Crippen LogP contribution in [0.1, 0.15) is 278 Å². The molecule has 6 heteroatoms. The van der Waals surface area contributed by atoms with Gasteiger partial charge in [-0.1, -0.05) is 259 Å². The van der Waals surface area contributed by atoms with E-state index < -0.39 is 6.10 Å². The standard InChI is InChI=1S/C67H112O6/c1-4-7-10-13-16-19-21-23-25-27-29-31-33-35-37-39-41-43-45-48-51-54-57-60-66(69)72-63-64(62-71-65(68)59-56-53-50-47-18-15-12-9-6-3)73-67(70)61-58-55-52-49-46-44-42-40-38-36-34-32-30-28-26-24-22-20-17-14-11-8-5-2/h7,10,16,19,22-25,28-31,34-37,41,43,64H,4-6,8-9,11-15,17-18,20-21,26-27,32-33,38-40,42,44-63H2,1-3H3/b10-7-,19-16-,24-22-,25-23-,30-28-,31-29-,36-34-,37-35-,43-41-. The van der Waals surface area contributed by atoms with Crippen molar-refractivity contribution in [3.63, 3.8) is 0 Å². The van der Waals surface area contributed by atoms with Gasteiger partial charge in [0.2, 0.25) is 0 Å². The van der Waals surface area contributed by atoms with Gasteiger partial charge in [-0.05, 0) is 109 Å². The highest BCUT2D eigenvalue weighted by Gasteiger charge is 2.19. The lowest BCUT2D eigenvalue weighted by atomic mass is 10.1. The van der Waals surface area contributed by atoms with Crippen LogP contribution in [0.25, 0.3) is 0 Å². The van der Waals surface area contributed by atoms with Gasteiger partial charge in [0.25, 0.3) is 0 Å².